The van der Waals surface area contributed by atoms with Crippen molar-refractivity contribution < 1.29 is 23.9 Å². The molecule has 0 spiro atoms. The Kier molecular flexibility index (Phi) is 9.16. The Bertz CT molecular complexity index is 1360. The summed E-state index contributed by atoms with van der Waals surface area (Å²) in [6, 6.07) is 20.1. The van der Waals surface area contributed by atoms with E-state index in [4.69, 9.17) is 33.3 Å². The number of carbonyl (C=O) groups excluding carboxylic acids is 3. The maximum Gasteiger partial charge on any atom is 0.338 e. The lowest BCUT2D eigenvalue weighted by Crippen LogP contribution is -2.39. The summed E-state index contributed by atoms with van der Waals surface area (Å²) < 4.78 is 10.2. The number of nitrogens with one attached hydrogen (secondary N) is 1. The molecule has 1 heterocycles. The molecule has 2 amide bonds. The molecule has 0 saturated carbocycles. The van der Waals surface area contributed by atoms with Gasteiger partial charge in [-0.2, -0.15) is 0 Å². The van der Waals surface area contributed by atoms with E-state index < -0.39 is 12.0 Å². The minimum atomic E-state index is -0.798. The number of rotatable bonds is 10. The Labute approximate surface area is 237 Å². The van der Waals surface area contributed by atoms with Crippen molar-refractivity contribution in [1.82, 2.24) is 4.90 Å². The maximum absolute atomic E-state index is 13.6. The number of halogens is 1. The molecule has 0 aliphatic carbocycles. The molecule has 39 heavy (non-hydrogen) atoms. The topological polar surface area (TPSA) is 88.2 Å². The number of thiocarbonyl (C=S) groups is 1. The third kappa shape index (κ3) is 6.74. The van der Waals surface area contributed by atoms with Crippen molar-refractivity contribution in [3.8, 4) is 5.75 Å². The van der Waals surface area contributed by atoms with Crippen LogP contribution in [0, 0.1) is 0 Å². The first-order chi connectivity index (χ1) is 18.8. The zero-order chi connectivity index (χ0) is 27.9. The van der Waals surface area contributed by atoms with Gasteiger partial charge in [0.15, 0.2) is 5.11 Å². The average Bonchev–Trinajstić information content (AvgIpc) is 3.16. The van der Waals surface area contributed by atoms with Gasteiger partial charge in [-0.3, -0.25) is 14.5 Å². The number of carbonyl (C=O) groups is 3. The van der Waals surface area contributed by atoms with Crippen molar-refractivity contribution in [1.29, 1.82) is 0 Å². The summed E-state index contributed by atoms with van der Waals surface area (Å²) in [5, 5.41) is 3.59. The summed E-state index contributed by atoms with van der Waals surface area (Å²) in [6.07, 6.45) is 0.493. The molecule has 0 radical (unpaired) electrons. The predicted molar refractivity (Wildman–Crippen MR) is 154 cm³/mol. The van der Waals surface area contributed by atoms with Crippen molar-refractivity contribution in [2.75, 3.05) is 30.5 Å². The SMILES string of the molecule is CCOC(=O)c1ccc(NC(=O)CC2C(=O)N(c3cccc(Cl)c3)C(=S)N2CCc2ccc(OC)cc2)cc1. The number of amides is 2. The molecule has 1 aliphatic rings. The van der Waals surface area contributed by atoms with Crippen LogP contribution in [0.4, 0.5) is 11.4 Å². The van der Waals surface area contributed by atoms with Crippen LogP contribution in [-0.4, -0.2) is 54.1 Å². The summed E-state index contributed by atoms with van der Waals surface area (Å²) in [5.74, 6) is -0.344. The van der Waals surface area contributed by atoms with E-state index in [1.165, 1.54) is 4.90 Å². The zero-order valence-corrected chi connectivity index (χ0v) is 23.1. The van der Waals surface area contributed by atoms with Gasteiger partial charge in [-0.1, -0.05) is 29.8 Å². The van der Waals surface area contributed by atoms with Gasteiger partial charge in [0, 0.05) is 17.3 Å². The van der Waals surface area contributed by atoms with Crippen LogP contribution < -0.4 is 15.0 Å². The van der Waals surface area contributed by atoms with Gasteiger partial charge in [-0.15, -0.1) is 0 Å². The molecule has 202 valence electrons. The number of benzene rings is 3. The highest BCUT2D eigenvalue weighted by Crippen LogP contribution is 2.29. The Balaban J connectivity index is 1.51. The first-order valence-corrected chi connectivity index (χ1v) is 13.2. The Hall–Kier alpha value is -3.95. The fourth-order valence-electron chi connectivity index (χ4n) is 4.27. The molecule has 1 atom stereocenters. The van der Waals surface area contributed by atoms with Gasteiger partial charge in [0.25, 0.3) is 5.91 Å². The molecule has 1 aliphatic heterocycles. The second kappa shape index (κ2) is 12.7. The van der Waals surface area contributed by atoms with Gasteiger partial charge in [0.2, 0.25) is 5.91 Å². The lowest BCUT2D eigenvalue weighted by atomic mass is 10.1. The number of hydrogen-bond donors (Lipinski definition) is 1. The molecule has 4 rings (SSSR count). The van der Waals surface area contributed by atoms with E-state index in [2.05, 4.69) is 5.32 Å². The van der Waals surface area contributed by atoms with E-state index >= 15 is 0 Å². The van der Waals surface area contributed by atoms with Crippen LogP contribution in [0.5, 0.6) is 5.75 Å². The predicted octanol–water partition coefficient (Wildman–Crippen LogP) is 5.10. The molecule has 3 aromatic rings. The highest BCUT2D eigenvalue weighted by atomic mass is 35.5. The molecule has 1 unspecified atom stereocenters. The monoisotopic (exact) mass is 565 g/mol. The summed E-state index contributed by atoms with van der Waals surface area (Å²) in [7, 11) is 1.61. The van der Waals surface area contributed by atoms with Crippen molar-refractivity contribution in [2.45, 2.75) is 25.8 Å². The molecule has 0 aromatic heterocycles. The summed E-state index contributed by atoms with van der Waals surface area (Å²) in [4.78, 5) is 41.8. The number of anilines is 2. The minimum absolute atomic E-state index is 0.113. The third-order valence-corrected chi connectivity index (χ3v) is 6.90. The van der Waals surface area contributed by atoms with Gasteiger partial charge < -0.3 is 19.7 Å². The van der Waals surface area contributed by atoms with Crippen LogP contribution in [0.25, 0.3) is 0 Å². The van der Waals surface area contributed by atoms with Crippen LogP contribution in [0.2, 0.25) is 5.02 Å². The van der Waals surface area contributed by atoms with Gasteiger partial charge in [-0.25, -0.2) is 4.79 Å². The quantitative estimate of drug-likeness (QED) is 0.270. The standard InChI is InChI=1S/C29H28ClN3O5S/c1-3-38-28(36)20-9-11-22(12-10-20)31-26(34)18-25-27(35)33(23-6-4-5-21(30)17-23)29(39)32(25)16-15-19-7-13-24(37-2)14-8-19/h4-14,17,25H,3,15-16,18H2,1-2H3,(H,31,34). The van der Waals surface area contributed by atoms with Crippen molar-refractivity contribution in [2.24, 2.45) is 0 Å². The lowest BCUT2D eigenvalue weighted by Gasteiger charge is -2.24. The van der Waals surface area contributed by atoms with Crippen LogP contribution in [0.3, 0.4) is 0 Å². The first kappa shape index (κ1) is 28.1. The fraction of sp³-hybridized carbons (Fsp3) is 0.241. The molecular formula is C29H28ClN3O5S. The van der Waals surface area contributed by atoms with Gasteiger partial charge >= 0.3 is 5.97 Å². The van der Waals surface area contributed by atoms with Crippen molar-refractivity contribution >= 4 is 58.1 Å². The normalized spacial score (nSPS) is 14.9. The molecule has 1 N–H and O–H groups in total. The van der Waals surface area contributed by atoms with Crippen LogP contribution in [0.15, 0.2) is 72.8 Å². The van der Waals surface area contributed by atoms with E-state index in [1.54, 1.807) is 67.5 Å². The largest absolute Gasteiger partial charge is 0.497 e. The fourth-order valence-corrected chi connectivity index (χ4v) is 4.87. The second-order valence-electron chi connectivity index (χ2n) is 8.79. The third-order valence-electron chi connectivity index (χ3n) is 6.24. The van der Waals surface area contributed by atoms with E-state index in [1.807, 2.05) is 24.3 Å². The molecule has 1 fully saturated rings. The van der Waals surface area contributed by atoms with Crippen LogP contribution >= 0.6 is 23.8 Å². The number of ether oxygens (including phenoxy) is 2. The molecule has 1 saturated heterocycles. The molecule has 0 bridgehead atoms. The van der Waals surface area contributed by atoms with E-state index in [9.17, 15) is 14.4 Å². The van der Waals surface area contributed by atoms with Crippen LogP contribution in [-0.2, 0) is 20.7 Å². The Morgan fingerprint density at radius 1 is 1.05 bits per heavy atom. The Morgan fingerprint density at radius 2 is 1.77 bits per heavy atom. The number of hydrogen-bond acceptors (Lipinski definition) is 6. The van der Waals surface area contributed by atoms with Gasteiger partial charge in [0.05, 0.1) is 31.4 Å². The summed E-state index contributed by atoms with van der Waals surface area (Å²) >= 11 is 11.9. The number of esters is 1. The number of nitrogens with zero attached hydrogens (tertiary/aromatic N) is 2. The smallest absolute Gasteiger partial charge is 0.338 e. The van der Waals surface area contributed by atoms with Crippen molar-refractivity contribution in [3.63, 3.8) is 0 Å². The molecular weight excluding hydrogens is 538 g/mol. The second-order valence-corrected chi connectivity index (χ2v) is 9.60. The highest BCUT2D eigenvalue weighted by molar-refractivity contribution is 7.80. The zero-order valence-electron chi connectivity index (χ0n) is 21.6. The van der Waals surface area contributed by atoms with Gasteiger partial charge in [0.1, 0.15) is 11.8 Å². The van der Waals surface area contributed by atoms with Gasteiger partial charge in [-0.05, 0) is 85.7 Å². The molecule has 10 heteroatoms. The highest BCUT2D eigenvalue weighted by Gasteiger charge is 2.44. The molecule has 3 aromatic carbocycles. The van der Waals surface area contributed by atoms with E-state index in [0.717, 1.165) is 11.3 Å². The van der Waals surface area contributed by atoms with E-state index in [0.29, 0.717) is 40.0 Å². The van der Waals surface area contributed by atoms with Crippen LogP contribution in [0.1, 0.15) is 29.3 Å². The number of methoxy groups -OCH3 is 1. The lowest BCUT2D eigenvalue weighted by molar-refractivity contribution is -0.124. The summed E-state index contributed by atoms with van der Waals surface area (Å²) in [5.41, 5.74) is 2.46. The molecule has 8 nitrogen and oxygen atoms in total. The maximum atomic E-state index is 13.6. The average molecular weight is 566 g/mol. The minimum Gasteiger partial charge on any atom is -0.497 e. The Morgan fingerprint density at radius 3 is 2.41 bits per heavy atom. The van der Waals surface area contributed by atoms with E-state index in [-0.39, 0.29) is 24.8 Å². The first-order valence-electron chi connectivity index (χ1n) is 12.4. The summed E-state index contributed by atoms with van der Waals surface area (Å²) in [6.45, 7) is 2.44. The van der Waals surface area contributed by atoms with Crippen molar-refractivity contribution in [3.05, 3.63) is 88.9 Å².